The zero-order chi connectivity index (χ0) is 12.8. The molecule has 1 rings (SSSR count). The first-order chi connectivity index (χ1) is 8.04. The van der Waals surface area contributed by atoms with Crippen LogP contribution in [-0.2, 0) is 4.74 Å². The van der Waals surface area contributed by atoms with Crippen molar-refractivity contribution in [2.45, 2.75) is 33.0 Å². The maximum absolute atomic E-state index is 10.1. The SMILES string of the molecule is COCC(C)C(O)c1cncc(OC(C)C)c1. The smallest absolute Gasteiger partial charge is 0.138 e. The summed E-state index contributed by atoms with van der Waals surface area (Å²) in [6.45, 7) is 6.36. The van der Waals surface area contributed by atoms with Crippen LogP contribution in [0.3, 0.4) is 0 Å². The van der Waals surface area contributed by atoms with Crippen LogP contribution >= 0.6 is 0 Å². The molecule has 17 heavy (non-hydrogen) atoms. The molecule has 0 radical (unpaired) electrons. The Balaban J connectivity index is 2.76. The van der Waals surface area contributed by atoms with Crippen molar-refractivity contribution in [3.63, 3.8) is 0 Å². The molecule has 0 bridgehead atoms. The van der Waals surface area contributed by atoms with Crippen molar-refractivity contribution in [2.24, 2.45) is 5.92 Å². The van der Waals surface area contributed by atoms with Gasteiger partial charge in [0.25, 0.3) is 0 Å². The highest BCUT2D eigenvalue weighted by molar-refractivity contribution is 5.25. The standard InChI is InChI=1S/C13H21NO3/c1-9(2)17-12-5-11(6-14-7-12)13(15)10(3)8-16-4/h5-7,9-10,13,15H,8H2,1-4H3. The van der Waals surface area contributed by atoms with Crippen molar-refractivity contribution < 1.29 is 14.6 Å². The molecule has 0 aromatic carbocycles. The first-order valence-electron chi connectivity index (χ1n) is 5.83. The molecule has 2 atom stereocenters. The van der Waals surface area contributed by atoms with Crippen LogP contribution in [0.15, 0.2) is 18.5 Å². The molecule has 4 nitrogen and oxygen atoms in total. The van der Waals surface area contributed by atoms with Gasteiger partial charge >= 0.3 is 0 Å². The molecule has 0 spiro atoms. The third-order valence-corrected chi connectivity index (χ3v) is 2.42. The topological polar surface area (TPSA) is 51.6 Å². The van der Waals surface area contributed by atoms with Gasteiger partial charge < -0.3 is 14.6 Å². The second-order valence-corrected chi connectivity index (χ2v) is 4.50. The summed E-state index contributed by atoms with van der Waals surface area (Å²) < 4.78 is 10.6. The number of hydrogen-bond donors (Lipinski definition) is 1. The average Bonchev–Trinajstić information content (AvgIpc) is 2.28. The van der Waals surface area contributed by atoms with Gasteiger partial charge in [0.05, 0.1) is 25.0 Å². The first kappa shape index (κ1) is 13.9. The van der Waals surface area contributed by atoms with E-state index in [4.69, 9.17) is 9.47 Å². The van der Waals surface area contributed by atoms with Crippen LogP contribution in [0.4, 0.5) is 0 Å². The third kappa shape index (κ3) is 4.32. The molecule has 0 amide bonds. The fraction of sp³-hybridized carbons (Fsp3) is 0.615. The summed E-state index contributed by atoms with van der Waals surface area (Å²) in [5, 5.41) is 10.1. The largest absolute Gasteiger partial charge is 0.489 e. The molecule has 1 aromatic heterocycles. The van der Waals surface area contributed by atoms with Gasteiger partial charge in [0.15, 0.2) is 0 Å². The predicted molar refractivity (Wildman–Crippen MR) is 66.0 cm³/mol. The number of aliphatic hydroxyl groups excluding tert-OH is 1. The molecular formula is C13H21NO3. The molecule has 2 unspecified atom stereocenters. The molecule has 0 aliphatic rings. The summed E-state index contributed by atoms with van der Waals surface area (Å²) in [6.07, 6.45) is 2.82. The van der Waals surface area contributed by atoms with Gasteiger partial charge in [0, 0.05) is 24.8 Å². The predicted octanol–water partition coefficient (Wildman–Crippen LogP) is 2.18. The molecule has 0 saturated heterocycles. The zero-order valence-electron chi connectivity index (χ0n) is 10.9. The normalized spacial score (nSPS) is 14.7. The zero-order valence-corrected chi connectivity index (χ0v) is 10.9. The molecule has 1 aromatic rings. The summed E-state index contributed by atoms with van der Waals surface area (Å²) in [6, 6.07) is 1.82. The van der Waals surface area contributed by atoms with E-state index >= 15 is 0 Å². The van der Waals surface area contributed by atoms with E-state index < -0.39 is 6.10 Å². The molecular weight excluding hydrogens is 218 g/mol. The van der Waals surface area contributed by atoms with E-state index in [1.807, 2.05) is 26.8 Å². The Hall–Kier alpha value is -1.13. The lowest BCUT2D eigenvalue weighted by molar-refractivity contribution is 0.0562. The summed E-state index contributed by atoms with van der Waals surface area (Å²) >= 11 is 0. The van der Waals surface area contributed by atoms with Crippen LogP contribution < -0.4 is 4.74 Å². The van der Waals surface area contributed by atoms with Crippen LogP contribution in [-0.4, -0.2) is 29.9 Å². The van der Waals surface area contributed by atoms with Crippen molar-refractivity contribution in [1.29, 1.82) is 0 Å². The Morgan fingerprint density at radius 3 is 2.59 bits per heavy atom. The lowest BCUT2D eigenvalue weighted by Crippen LogP contribution is -2.15. The lowest BCUT2D eigenvalue weighted by atomic mass is 9.99. The number of pyridine rings is 1. The quantitative estimate of drug-likeness (QED) is 0.826. The minimum absolute atomic E-state index is 0.0242. The van der Waals surface area contributed by atoms with E-state index in [1.165, 1.54) is 0 Å². The second-order valence-electron chi connectivity index (χ2n) is 4.50. The van der Waals surface area contributed by atoms with Gasteiger partial charge in [-0.05, 0) is 19.9 Å². The van der Waals surface area contributed by atoms with E-state index in [-0.39, 0.29) is 12.0 Å². The third-order valence-electron chi connectivity index (χ3n) is 2.42. The van der Waals surface area contributed by atoms with E-state index in [0.717, 1.165) is 5.56 Å². The Kier molecular flexibility index (Phi) is 5.38. The Bertz CT molecular complexity index is 341. The van der Waals surface area contributed by atoms with Gasteiger partial charge in [0.2, 0.25) is 0 Å². The number of nitrogens with zero attached hydrogens (tertiary/aromatic N) is 1. The van der Waals surface area contributed by atoms with Gasteiger partial charge in [-0.2, -0.15) is 0 Å². The van der Waals surface area contributed by atoms with E-state index in [9.17, 15) is 5.11 Å². The lowest BCUT2D eigenvalue weighted by Gasteiger charge is -2.19. The van der Waals surface area contributed by atoms with Crippen molar-refractivity contribution >= 4 is 0 Å². The number of ether oxygens (including phenoxy) is 2. The summed E-state index contributed by atoms with van der Waals surface area (Å²) in [5.41, 5.74) is 0.757. The summed E-state index contributed by atoms with van der Waals surface area (Å²) in [4.78, 5) is 4.08. The monoisotopic (exact) mass is 239 g/mol. The van der Waals surface area contributed by atoms with Crippen LogP contribution in [0.5, 0.6) is 5.75 Å². The fourth-order valence-corrected chi connectivity index (χ4v) is 1.62. The molecule has 0 aliphatic carbocycles. The van der Waals surface area contributed by atoms with Crippen molar-refractivity contribution in [3.05, 3.63) is 24.0 Å². The maximum Gasteiger partial charge on any atom is 0.138 e. The van der Waals surface area contributed by atoms with Crippen molar-refractivity contribution in [3.8, 4) is 5.75 Å². The van der Waals surface area contributed by atoms with Crippen molar-refractivity contribution in [1.82, 2.24) is 4.98 Å². The van der Waals surface area contributed by atoms with Gasteiger partial charge in [-0.3, -0.25) is 4.98 Å². The fourth-order valence-electron chi connectivity index (χ4n) is 1.62. The number of rotatable bonds is 6. The number of hydrogen-bond acceptors (Lipinski definition) is 4. The highest BCUT2D eigenvalue weighted by atomic mass is 16.5. The first-order valence-corrected chi connectivity index (χ1v) is 5.83. The second kappa shape index (κ2) is 6.57. The van der Waals surface area contributed by atoms with Gasteiger partial charge in [0.1, 0.15) is 5.75 Å². The van der Waals surface area contributed by atoms with Crippen LogP contribution in [0.2, 0.25) is 0 Å². The number of methoxy groups -OCH3 is 1. The summed E-state index contributed by atoms with van der Waals surface area (Å²) in [5.74, 6) is 0.706. The van der Waals surface area contributed by atoms with E-state index in [1.54, 1.807) is 19.5 Å². The van der Waals surface area contributed by atoms with Crippen LogP contribution in [0, 0.1) is 5.92 Å². The molecule has 1 N–H and O–H groups in total. The molecule has 0 aliphatic heterocycles. The minimum atomic E-state index is -0.585. The van der Waals surface area contributed by atoms with Crippen LogP contribution in [0.1, 0.15) is 32.4 Å². The number of aliphatic hydroxyl groups is 1. The van der Waals surface area contributed by atoms with Crippen molar-refractivity contribution in [2.75, 3.05) is 13.7 Å². The molecule has 1 heterocycles. The molecule has 4 heteroatoms. The van der Waals surface area contributed by atoms with E-state index in [0.29, 0.717) is 12.4 Å². The molecule has 96 valence electrons. The van der Waals surface area contributed by atoms with Gasteiger partial charge in [-0.15, -0.1) is 0 Å². The Morgan fingerprint density at radius 1 is 1.29 bits per heavy atom. The van der Waals surface area contributed by atoms with Gasteiger partial charge in [-0.1, -0.05) is 6.92 Å². The Morgan fingerprint density at radius 2 is 2.00 bits per heavy atom. The Labute approximate surface area is 103 Å². The summed E-state index contributed by atoms with van der Waals surface area (Å²) in [7, 11) is 1.62. The minimum Gasteiger partial charge on any atom is -0.489 e. The maximum atomic E-state index is 10.1. The van der Waals surface area contributed by atoms with Gasteiger partial charge in [-0.25, -0.2) is 0 Å². The van der Waals surface area contributed by atoms with Crippen LogP contribution in [0.25, 0.3) is 0 Å². The number of aromatic nitrogens is 1. The highest BCUT2D eigenvalue weighted by Gasteiger charge is 2.17. The van der Waals surface area contributed by atoms with E-state index in [2.05, 4.69) is 4.98 Å². The highest BCUT2D eigenvalue weighted by Crippen LogP contribution is 2.24. The molecule has 0 saturated carbocycles. The molecule has 0 fully saturated rings. The average molecular weight is 239 g/mol.